The van der Waals surface area contributed by atoms with Crippen LogP contribution in [-0.2, 0) is 6.61 Å². The van der Waals surface area contributed by atoms with Crippen LogP contribution in [0.15, 0.2) is 17.5 Å². The van der Waals surface area contributed by atoms with Crippen LogP contribution >= 0.6 is 11.3 Å². The first-order chi connectivity index (χ1) is 6.77. The Hall–Kier alpha value is -1.19. The van der Waals surface area contributed by atoms with Gasteiger partial charge >= 0.3 is 0 Å². The molecule has 1 aromatic carbocycles. The van der Waals surface area contributed by atoms with Crippen LogP contribution in [0.1, 0.15) is 21.5 Å². The lowest BCUT2D eigenvalue weighted by molar-refractivity contribution is 0.112. The molecule has 0 aliphatic carbocycles. The molecule has 3 heteroatoms. The summed E-state index contributed by atoms with van der Waals surface area (Å²) in [6.07, 6.45) is 0.827. The zero-order valence-corrected chi connectivity index (χ0v) is 8.60. The Morgan fingerprint density at radius 2 is 2.29 bits per heavy atom. The SMILES string of the molecule is Cc1csc2ccc(CO)c(C=O)c12. The number of aliphatic hydroxyl groups is 1. The molecular formula is C11H10O2S. The number of aldehydes is 1. The lowest BCUT2D eigenvalue weighted by atomic mass is 10.0. The fourth-order valence-electron chi connectivity index (χ4n) is 1.63. The predicted octanol–water partition coefficient (Wildman–Crippen LogP) is 2.51. The van der Waals surface area contributed by atoms with Gasteiger partial charge in [-0.2, -0.15) is 0 Å². The van der Waals surface area contributed by atoms with Crippen molar-refractivity contribution in [2.45, 2.75) is 13.5 Å². The highest BCUT2D eigenvalue weighted by Gasteiger charge is 2.09. The lowest BCUT2D eigenvalue weighted by Gasteiger charge is -2.03. The zero-order chi connectivity index (χ0) is 10.1. The molecule has 14 heavy (non-hydrogen) atoms. The standard InChI is InChI=1S/C11H10O2S/c1-7-6-14-10-3-2-8(4-12)9(5-13)11(7)10/h2-3,5-6,12H,4H2,1H3. The predicted molar refractivity (Wildman–Crippen MR) is 57.9 cm³/mol. The molecule has 0 fully saturated rings. The average Bonchev–Trinajstić information content (AvgIpc) is 2.59. The van der Waals surface area contributed by atoms with E-state index >= 15 is 0 Å². The molecule has 1 heterocycles. The van der Waals surface area contributed by atoms with Gasteiger partial charge in [-0.05, 0) is 29.5 Å². The molecule has 1 N–H and O–H groups in total. The summed E-state index contributed by atoms with van der Waals surface area (Å²) >= 11 is 1.62. The molecule has 0 radical (unpaired) electrons. The topological polar surface area (TPSA) is 37.3 Å². The minimum absolute atomic E-state index is 0.0840. The summed E-state index contributed by atoms with van der Waals surface area (Å²) in [7, 11) is 0. The Morgan fingerprint density at radius 3 is 2.93 bits per heavy atom. The molecule has 2 nitrogen and oxygen atoms in total. The number of carbonyl (C=O) groups excluding carboxylic acids is 1. The third kappa shape index (κ3) is 1.25. The Morgan fingerprint density at radius 1 is 1.50 bits per heavy atom. The number of fused-ring (bicyclic) bond motifs is 1. The van der Waals surface area contributed by atoms with Gasteiger partial charge in [-0.25, -0.2) is 0 Å². The van der Waals surface area contributed by atoms with E-state index in [1.807, 2.05) is 24.4 Å². The zero-order valence-electron chi connectivity index (χ0n) is 7.78. The molecule has 0 saturated heterocycles. The highest BCUT2D eigenvalue weighted by Crippen LogP contribution is 2.29. The third-order valence-electron chi connectivity index (χ3n) is 2.34. The Bertz CT molecular complexity index is 485. The fourth-order valence-corrected chi connectivity index (χ4v) is 2.59. The normalized spacial score (nSPS) is 10.7. The van der Waals surface area contributed by atoms with Gasteiger partial charge in [0.2, 0.25) is 0 Å². The number of rotatable bonds is 2. The van der Waals surface area contributed by atoms with E-state index in [-0.39, 0.29) is 6.61 Å². The van der Waals surface area contributed by atoms with Crippen LogP contribution in [0.25, 0.3) is 10.1 Å². The molecular weight excluding hydrogens is 196 g/mol. The maximum Gasteiger partial charge on any atom is 0.151 e. The molecule has 72 valence electrons. The molecule has 2 aromatic rings. The maximum atomic E-state index is 10.9. The van der Waals surface area contributed by atoms with E-state index in [1.54, 1.807) is 11.3 Å². The number of benzene rings is 1. The summed E-state index contributed by atoms with van der Waals surface area (Å²) in [5, 5.41) is 12.1. The van der Waals surface area contributed by atoms with Gasteiger partial charge in [0.05, 0.1) is 6.61 Å². The number of aryl methyl sites for hydroxylation is 1. The quantitative estimate of drug-likeness (QED) is 0.766. The van der Waals surface area contributed by atoms with Crippen molar-refractivity contribution in [3.63, 3.8) is 0 Å². The summed E-state index contributed by atoms with van der Waals surface area (Å²) in [5.74, 6) is 0. The van der Waals surface area contributed by atoms with Crippen LogP contribution in [0.3, 0.4) is 0 Å². The van der Waals surface area contributed by atoms with Crippen molar-refractivity contribution >= 4 is 27.7 Å². The van der Waals surface area contributed by atoms with Crippen molar-refractivity contribution in [2.75, 3.05) is 0 Å². The highest BCUT2D eigenvalue weighted by molar-refractivity contribution is 7.17. The summed E-state index contributed by atoms with van der Waals surface area (Å²) < 4.78 is 1.10. The van der Waals surface area contributed by atoms with E-state index in [4.69, 9.17) is 5.11 Å². The van der Waals surface area contributed by atoms with E-state index in [1.165, 1.54) is 0 Å². The van der Waals surface area contributed by atoms with Gasteiger partial charge < -0.3 is 5.11 Å². The average molecular weight is 206 g/mol. The number of aliphatic hydroxyl groups excluding tert-OH is 1. The van der Waals surface area contributed by atoms with Gasteiger partial charge in [0.25, 0.3) is 0 Å². The van der Waals surface area contributed by atoms with Gasteiger partial charge in [-0.3, -0.25) is 4.79 Å². The largest absolute Gasteiger partial charge is 0.392 e. The number of hydrogen-bond acceptors (Lipinski definition) is 3. The summed E-state index contributed by atoms with van der Waals surface area (Å²) in [6.45, 7) is 1.90. The van der Waals surface area contributed by atoms with Crippen molar-refractivity contribution in [3.8, 4) is 0 Å². The van der Waals surface area contributed by atoms with E-state index in [9.17, 15) is 4.79 Å². The van der Waals surface area contributed by atoms with Crippen molar-refractivity contribution in [2.24, 2.45) is 0 Å². The highest BCUT2D eigenvalue weighted by atomic mass is 32.1. The summed E-state index contributed by atoms with van der Waals surface area (Å²) in [4.78, 5) is 10.9. The summed E-state index contributed by atoms with van der Waals surface area (Å²) in [5.41, 5.74) is 2.43. The molecule has 0 unspecified atom stereocenters. The molecule has 0 saturated carbocycles. The van der Waals surface area contributed by atoms with E-state index < -0.39 is 0 Å². The van der Waals surface area contributed by atoms with Crippen molar-refractivity contribution in [1.29, 1.82) is 0 Å². The van der Waals surface area contributed by atoms with Gasteiger partial charge in [0.1, 0.15) is 0 Å². The molecule has 2 rings (SSSR count). The van der Waals surface area contributed by atoms with Crippen LogP contribution < -0.4 is 0 Å². The Balaban J connectivity index is 2.87. The first kappa shape index (κ1) is 9.37. The molecule has 0 aliphatic heterocycles. The monoisotopic (exact) mass is 206 g/mol. The Kier molecular flexibility index (Phi) is 2.35. The molecule has 0 amide bonds. The van der Waals surface area contributed by atoms with E-state index in [0.29, 0.717) is 11.1 Å². The lowest BCUT2D eigenvalue weighted by Crippen LogP contribution is -1.93. The molecule has 1 aromatic heterocycles. The second-order valence-corrected chi connectivity index (χ2v) is 4.12. The third-order valence-corrected chi connectivity index (χ3v) is 3.41. The first-order valence-electron chi connectivity index (χ1n) is 4.33. The van der Waals surface area contributed by atoms with Crippen LogP contribution in [0.2, 0.25) is 0 Å². The van der Waals surface area contributed by atoms with Crippen molar-refractivity contribution < 1.29 is 9.90 Å². The molecule has 0 aliphatic rings. The van der Waals surface area contributed by atoms with Crippen LogP contribution in [0.4, 0.5) is 0 Å². The first-order valence-corrected chi connectivity index (χ1v) is 5.21. The van der Waals surface area contributed by atoms with Gasteiger partial charge in [0.15, 0.2) is 6.29 Å². The van der Waals surface area contributed by atoms with Gasteiger partial charge in [-0.1, -0.05) is 6.07 Å². The van der Waals surface area contributed by atoms with Crippen molar-refractivity contribution in [1.82, 2.24) is 0 Å². The molecule has 0 atom stereocenters. The summed E-state index contributed by atoms with van der Waals surface area (Å²) in [6, 6.07) is 3.76. The second-order valence-electron chi connectivity index (χ2n) is 3.21. The van der Waals surface area contributed by atoms with Crippen LogP contribution in [-0.4, -0.2) is 11.4 Å². The van der Waals surface area contributed by atoms with E-state index in [2.05, 4.69) is 0 Å². The molecule has 0 spiro atoms. The van der Waals surface area contributed by atoms with Crippen LogP contribution in [0.5, 0.6) is 0 Å². The van der Waals surface area contributed by atoms with Gasteiger partial charge in [-0.15, -0.1) is 11.3 Å². The maximum absolute atomic E-state index is 10.9. The van der Waals surface area contributed by atoms with Gasteiger partial charge in [0, 0.05) is 15.6 Å². The number of hydrogen-bond donors (Lipinski definition) is 1. The van der Waals surface area contributed by atoms with Crippen LogP contribution in [0, 0.1) is 6.92 Å². The van der Waals surface area contributed by atoms with E-state index in [0.717, 1.165) is 21.9 Å². The minimum atomic E-state index is -0.0840. The number of carbonyl (C=O) groups is 1. The Labute approximate surface area is 85.8 Å². The number of thiophene rings is 1. The fraction of sp³-hybridized carbons (Fsp3) is 0.182. The minimum Gasteiger partial charge on any atom is -0.392 e. The molecule has 0 bridgehead atoms. The smallest absolute Gasteiger partial charge is 0.151 e. The van der Waals surface area contributed by atoms with Crippen molar-refractivity contribution in [3.05, 3.63) is 34.2 Å². The second kappa shape index (κ2) is 3.52.